The Bertz CT molecular complexity index is 571. The first kappa shape index (κ1) is 16.9. The van der Waals surface area contributed by atoms with E-state index in [2.05, 4.69) is 17.0 Å². The Morgan fingerprint density at radius 3 is 2.90 bits per heavy atom. The molecule has 0 amide bonds. The molecule has 1 aliphatic rings. The summed E-state index contributed by atoms with van der Waals surface area (Å²) in [5.74, 6) is 0. The van der Waals surface area contributed by atoms with Gasteiger partial charge in [0.1, 0.15) is 4.21 Å². The monoisotopic (exact) mass is 332 g/mol. The third-order valence-electron chi connectivity index (χ3n) is 3.90. The minimum Gasteiger partial charge on any atom is -0.376 e. The van der Waals surface area contributed by atoms with Crippen molar-refractivity contribution in [2.24, 2.45) is 0 Å². The third-order valence-corrected chi connectivity index (χ3v) is 7.00. The molecule has 2 rings (SSSR count). The highest BCUT2D eigenvalue weighted by Gasteiger charge is 2.40. The molecule has 0 saturated carbocycles. The van der Waals surface area contributed by atoms with Gasteiger partial charge >= 0.3 is 0 Å². The number of thiophene rings is 1. The fourth-order valence-corrected chi connectivity index (χ4v) is 5.03. The molecule has 1 saturated heterocycles. The van der Waals surface area contributed by atoms with Crippen LogP contribution in [0.5, 0.6) is 0 Å². The molecule has 0 aliphatic carbocycles. The summed E-state index contributed by atoms with van der Waals surface area (Å²) < 4.78 is 33.7. The summed E-state index contributed by atoms with van der Waals surface area (Å²) in [6.07, 6.45) is 1.65. The predicted octanol–water partition coefficient (Wildman–Crippen LogP) is 2.09. The Kier molecular flexibility index (Phi) is 5.43. The van der Waals surface area contributed by atoms with Crippen LogP contribution in [0.1, 0.15) is 39.2 Å². The van der Waals surface area contributed by atoms with E-state index in [0.29, 0.717) is 23.8 Å². The summed E-state index contributed by atoms with van der Waals surface area (Å²) in [6.45, 7) is 8.14. The number of ether oxygens (including phenoxy) is 1. The van der Waals surface area contributed by atoms with Crippen molar-refractivity contribution >= 4 is 21.4 Å². The molecular weight excluding hydrogens is 308 g/mol. The van der Waals surface area contributed by atoms with Gasteiger partial charge in [-0.15, -0.1) is 11.3 Å². The van der Waals surface area contributed by atoms with Gasteiger partial charge in [-0.25, -0.2) is 13.1 Å². The van der Waals surface area contributed by atoms with E-state index in [1.54, 1.807) is 6.07 Å². The highest BCUT2D eigenvalue weighted by molar-refractivity contribution is 7.91. The smallest absolute Gasteiger partial charge is 0.250 e. The minimum absolute atomic E-state index is 0.113. The summed E-state index contributed by atoms with van der Waals surface area (Å²) in [4.78, 5) is 0. The third kappa shape index (κ3) is 4.04. The zero-order chi connectivity index (χ0) is 15.5. The average molecular weight is 332 g/mol. The van der Waals surface area contributed by atoms with E-state index in [-0.39, 0.29) is 6.10 Å². The lowest BCUT2D eigenvalue weighted by atomic mass is 9.97. The fraction of sp³-hybridized carbons (Fsp3) is 0.714. The molecule has 1 fully saturated rings. The van der Waals surface area contributed by atoms with E-state index in [0.717, 1.165) is 18.5 Å². The van der Waals surface area contributed by atoms with Crippen LogP contribution >= 0.6 is 11.3 Å². The summed E-state index contributed by atoms with van der Waals surface area (Å²) in [5.41, 5.74) is 0.485. The number of hydrogen-bond donors (Lipinski definition) is 2. The summed E-state index contributed by atoms with van der Waals surface area (Å²) in [7, 11) is -3.48. The molecule has 0 bridgehead atoms. The zero-order valence-electron chi connectivity index (χ0n) is 12.8. The molecule has 2 N–H and O–H groups in total. The summed E-state index contributed by atoms with van der Waals surface area (Å²) in [5, 5.41) is 5.17. The summed E-state index contributed by atoms with van der Waals surface area (Å²) in [6, 6.07) is 1.75. The largest absolute Gasteiger partial charge is 0.376 e. The maximum Gasteiger partial charge on any atom is 0.250 e. The van der Waals surface area contributed by atoms with E-state index >= 15 is 0 Å². The Hall–Kier alpha value is -0.470. The Morgan fingerprint density at radius 2 is 2.29 bits per heavy atom. The molecule has 2 heterocycles. The van der Waals surface area contributed by atoms with Crippen molar-refractivity contribution in [3.05, 3.63) is 17.0 Å². The van der Waals surface area contributed by atoms with Crippen molar-refractivity contribution in [3.8, 4) is 0 Å². The highest BCUT2D eigenvalue weighted by Crippen LogP contribution is 2.29. The molecule has 2 unspecified atom stereocenters. The first-order valence-corrected chi connectivity index (χ1v) is 9.67. The first-order chi connectivity index (χ1) is 9.87. The maximum atomic E-state index is 12.5. The van der Waals surface area contributed by atoms with Gasteiger partial charge in [0.2, 0.25) is 0 Å². The Labute approximate surface area is 131 Å². The molecule has 0 radical (unpaired) electrons. The molecule has 1 aromatic rings. The molecule has 21 heavy (non-hydrogen) atoms. The van der Waals surface area contributed by atoms with Crippen LogP contribution in [-0.2, 0) is 21.3 Å². The molecule has 5 nitrogen and oxygen atoms in total. The van der Waals surface area contributed by atoms with Crippen molar-refractivity contribution in [2.45, 2.75) is 56.0 Å². The van der Waals surface area contributed by atoms with Crippen LogP contribution in [-0.4, -0.2) is 33.2 Å². The van der Waals surface area contributed by atoms with Crippen LogP contribution in [0.4, 0.5) is 0 Å². The second kappa shape index (κ2) is 6.75. The van der Waals surface area contributed by atoms with Gasteiger partial charge in [0, 0.05) is 13.2 Å². The van der Waals surface area contributed by atoms with Crippen LogP contribution in [0.2, 0.25) is 0 Å². The van der Waals surface area contributed by atoms with Gasteiger partial charge in [0.15, 0.2) is 0 Å². The van der Waals surface area contributed by atoms with Crippen LogP contribution in [0.3, 0.4) is 0 Å². The van der Waals surface area contributed by atoms with E-state index < -0.39 is 15.6 Å². The molecular formula is C14H24N2O3S2. The van der Waals surface area contributed by atoms with Gasteiger partial charge in [-0.3, -0.25) is 0 Å². The van der Waals surface area contributed by atoms with E-state index in [1.807, 2.05) is 19.2 Å². The molecule has 1 aromatic heterocycles. The van der Waals surface area contributed by atoms with Crippen molar-refractivity contribution in [1.29, 1.82) is 0 Å². The first-order valence-electron chi connectivity index (χ1n) is 7.31. The van der Waals surface area contributed by atoms with Crippen molar-refractivity contribution in [2.75, 3.05) is 13.2 Å². The predicted molar refractivity (Wildman–Crippen MR) is 85.1 cm³/mol. The van der Waals surface area contributed by atoms with Gasteiger partial charge in [0.05, 0.1) is 11.6 Å². The van der Waals surface area contributed by atoms with Gasteiger partial charge in [0.25, 0.3) is 10.0 Å². The Balaban J connectivity index is 2.06. The lowest BCUT2D eigenvalue weighted by molar-refractivity contribution is 0.0957. The molecule has 1 aliphatic heterocycles. The van der Waals surface area contributed by atoms with E-state index in [4.69, 9.17) is 4.74 Å². The second-order valence-corrected chi connectivity index (χ2v) is 8.56. The van der Waals surface area contributed by atoms with Crippen molar-refractivity contribution in [1.82, 2.24) is 10.0 Å². The maximum absolute atomic E-state index is 12.5. The Morgan fingerprint density at radius 1 is 1.52 bits per heavy atom. The van der Waals surface area contributed by atoms with Crippen molar-refractivity contribution in [3.63, 3.8) is 0 Å². The van der Waals surface area contributed by atoms with E-state index in [9.17, 15) is 8.42 Å². The molecule has 0 aromatic carbocycles. The molecule has 7 heteroatoms. The quantitative estimate of drug-likeness (QED) is 0.750. The van der Waals surface area contributed by atoms with Gasteiger partial charge < -0.3 is 10.1 Å². The van der Waals surface area contributed by atoms with Crippen LogP contribution < -0.4 is 10.0 Å². The number of nitrogens with one attached hydrogen (secondary N) is 2. The van der Waals surface area contributed by atoms with Gasteiger partial charge in [-0.2, -0.15) is 0 Å². The van der Waals surface area contributed by atoms with Crippen LogP contribution in [0, 0.1) is 0 Å². The van der Waals surface area contributed by atoms with Crippen molar-refractivity contribution < 1.29 is 13.2 Å². The fourth-order valence-electron chi connectivity index (χ4n) is 2.32. The zero-order valence-corrected chi connectivity index (χ0v) is 14.4. The molecule has 0 spiro atoms. The molecule has 120 valence electrons. The summed E-state index contributed by atoms with van der Waals surface area (Å²) >= 11 is 1.27. The number of rotatable bonds is 7. The van der Waals surface area contributed by atoms with Crippen LogP contribution in [0.15, 0.2) is 15.7 Å². The van der Waals surface area contributed by atoms with Crippen LogP contribution in [0.25, 0.3) is 0 Å². The highest BCUT2D eigenvalue weighted by atomic mass is 32.2. The topological polar surface area (TPSA) is 67.4 Å². The number of sulfonamides is 1. The normalized spacial score (nSPS) is 26.3. The minimum atomic E-state index is -3.48. The second-order valence-electron chi connectivity index (χ2n) is 5.74. The number of hydrogen-bond acceptors (Lipinski definition) is 5. The lowest BCUT2D eigenvalue weighted by Crippen LogP contribution is -2.50. The SMILES string of the molecule is CCCNCc1csc(S(=O)(=O)NC2(C)CCOC2C)c1. The van der Waals surface area contributed by atoms with E-state index in [1.165, 1.54) is 11.3 Å². The standard InChI is InChI=1S/C14H24N2O3S2/c1-4-6-15-9-12-8-13(20-10-12)21(17,18)16-14(3)5-7-19-11(14)2/h8,10-11,15-16H,4-7,9H2,1-3H3. The van der Waals surface area contributed by atoms with Gasteiger partial charge in [-0.05, 0) is 50.2 Å². The van der Waals surface area contributed by atoms with Gasteiger partial charge in [-0.1, -0.05) is 6.92 Å². The lowest BCUT2D eigenvalue weighted by Gasteiger charge is -2.28. The molecule has 2 atom stereocenters. The average Bonchev–Trinajstić information content (AvgIpc) is 2.98.